The minimum absolute atomic E-state index is 0.384. The van der Waals surface area contributed by atoms with E-state index in [-0.39, 0.29) is 0 Å². The maximum absolute atomic E-state index is 12.1. The minimum atomic E-state index is -0.577. The molecule has 0 radical (unpaired) electrons. The first kappa shape index (κ1) is 27.4. The molecule has 1 amide bonds. The number of nitrogens with one attached hydrogen (secondary N) is 2. The Morgan fingerprint density at radius 1 is 0.973 bits per heavy atom. The van der Waals surface area contributed by atoms with Crippen LogP contribution in [0.1, 0.15) is 37.6 Å². The molecule has 1 heterocycles. The summed E-state index contributed by atoms with van der Waals surface area (Å²) in [5.41, 5.74) is 1.90. The first-order valence-corrected chi connectivity index (χ1v) is 11.7. The second-order valence-electron chi connectivity index (χ2n) is 9.10. The van der Waals surface area contributed by atoms with Crippen molar-refractivity contribution in [1.82, 2.24) is 14.9 Å². The molecule has 0 saturated carbocycles. The van der Waals surface area contributed by atoms with Crippen molar-refractivity contribution in [3.05, 3.63) is 35.9 Å². The summed E-state index contributed by atoms with van der Waals surface area (Å²) >= 11 is 0. The van der Waals surface area contributed by atoms with E-state index in [2.05, 4.69) is 10.6 Å². The Bertz CT molecular complexity index is 1240. The third-order valence-electron chi connectivity index (χ3n) is 5.32. The zero-order valence-electron chi connectivity index (χ0n) is 22.3. The van der Waals surface area contributed by atoms with Crippen LogP contribution in [0.4, 0.5) is 16.4 Å². The van der Waals surface area contributed by atoms with E-state index < -0.39 is 17.7 Å². The van der Waals surface area contributed by atoms with Gasteiger partial charge in [-0.2, -0.15) is 0 Å². The van der Waals surface area contributed by atoms with Crippen LogP contribution in [0, 0.1) is 0 Å². The number of esters is 1. The molecule has 0 aliphatic carbocycles. The molecular formula is C26H34N4O7. The standard InChI is InChI=1S/C26H34N4O7/c1-26(2,3)37-25(32)27-11-8-12-30-19-13-16(23(31)36-7)9-10-18(19)29-24(30)28-17-14-20(33-4)22(35-6)21(15-17)34-5/h9-10,13-15H,8,11-12H2,1-7H3,(H,27,32)(H,28,29). The van der Waals surface area contributed by atoms with Crippen LogP contribution >= 0.6 is 0 Å². The van der Waals surface area contributed by atoms with E-state index in [4.69, 9.17) is 28.7 Å². The number of carbonyl (C=O) groups is 2. The molecule has 11 heteroatoms. The van der Waals surface area contributed by atoms with E-state index in [0.29, 0.717) is 59.5 Å². The number of hydrogen-bond donors (Lipinski definition) is 2. The van der Waals surface area contributed by atoms with Crippen molar-refractivity contribution >= 4 is 34.7 Å². The van der Waals surface area contributed by atoms with Gasteiger partial charge in [0.25, 0.3) is 0 Å². The highest BCUT2D eigenvalue weighted by atomic mass is 16.6. The Hall–Kier alpha value is -4.15. The zero-order chi connectivity index (χ0) is 27.2. The van der Waals surface area contributed by atoms with Crippen LogP contribution in [0.2, 0.25) is 0 Å². The first-order valence-electron chi connectivity index (χ1n) is 11.7. The Morgan fingerprint density at radius 2 is 1.65 bits per heavy atom. The van der Waals surface area contributed by atoms with Crippen LogP contribution in [0.5, 0.6) is 17.2 Å². The van der Waals surface area contributed by atoms with Gasteiger partial charge in [-0.15, -0.1) is 0 Å². The average Bonchev–Trinajstić information content (AvgIpc) is 3.20. The number of carbonyl (C=O) groups excluding carboxylic acids is 2. The Balaban J connectivity index is 1.92. The second-order valence-corrected chi connectivity index (χ2v) is 9.10. The molecule has 37 heavy (non-hydrogen) atoms. The highest BCUT2D eigenvalue weighted by molar-refractivity contribution is 5.94. The number of benzene rings is 2. The highest BCUT2D eigenvalue weighted by Crippen LogP contribution is 2.40. The normalized spacial score (nSPS) is 11.1. The van der Waals surface area contributed by atoms with Crippen LogP contribution in [-0.2, 0) is 16.0 Å². The van der Waals surface area contributed by atoms with Gasteiger partial charge in [0, 0.05) is 30.9 Å². The molecule has 2 aromatic carbocycles. The lowest BCUT2D eigenvalue weighted by Crippen LogP contribution is -2.33. The van der Waals surface area contributed by atoms with Gasteiger partial charge in [-0.25, -0.2) is 14.6 Å². The van der Waals surface area contributed by atoms with Crippen LogP contribution in [0.25, 0.3) is 11.0 Å². The number of alkyl carbamates (subject to hydrolysis) is 1. The summed E-state index contributed by atoms with van der Waals surface area (Å²) in [6.45, 7) is 6.30. The maximum atomic E-state index is 12.1. The number of imidazole rings is 1. The predicted molar refractivity (Wildman–Crippen MR) is 139 cm³/mol. The number of rotatable bonds is 10. The molecule has 0 atom stereocenters. The van der Waals surface area contributed by atoms with E-state index in [0.717, 1.165) is 5.52 Å². The van der Waals surface area contributed by atoms with Crippen LogP contribution < -0.4 is 24.8 Å². The number of aryl methyl sites for hydroxylation is 1. The Labute approximate surface area is 216 Å². The summed E-state index contributed by atoms with van der Waals surface area (Å²) in [5.74, 6) is 1.53. The molecule has 3 rings (SSSR count). The zero-order valence-corrected chi connectivity index (χ0v) is 22.3. The number of hydrogen-bond acceptors (Lipinski definition) is 9. The van der Waals surface area contributed by atoms with E-state index in [1.807, 2.05) is 25.3 Å². The molecule has 0 fully saturated rings. The van der Waals surface area contributed by atoms with Crippen molar-refractivity contribution in [2.75, 3.05) is 40.3 Å². The van der Waals surface area contributed by atoms with Gasteiger partial charge in [-0.1, -0.05) is 0 Å². The lowest BCUT2D eigenvalue weighted by atomic mass is 10.2. The third-order valence-corrected chi connectivity index (χ3v) is 5.32. The second kappa shape index (κ2) is 11.7. The van der Waals surface area contributed by atoms with Crippen molar-refractivity contribution in [2.24, 2.45) is 0 Å². The molecule has 0 spiro atoms. The quantitative estimate of drug-likeness (QED) is 0.297. The molecule has 200 valence electrons. The molecule has 0 aliphatic heterocycles. The lowest BCUT2D eigenvalue weighted by Gasteiger charge is -2.19. The van der Waals surface area contributed by atoms with Gasteiger partial charge in [0.2, 0.25) is 11.7 Å². The summed E-state index contributed by atoms with van der Waals surface area (Å²) in [4.78, 5) is 28.9. The average molecular weight is 515 g/mol. The van der Waals surface area contributed by atoms with E-state index >= 15 is 0 Å². The molecule has 0 aliphatic rings. The number of amides is 1. The summed E-state index contributed by atoms with van der Waals surface area (Å²) in [6.07, 6.45) is 0.101. The van der Waals surface area contributed by atoms with Gasteiger partial charge in [0.15, 0.2) is 11.5 Å². The fourth-order valence-corrected chi connectivity index (χ4v) is 3.71. The predicted octanol–water partition coefficient (Wildman–Crippen LogP) is 4.51. The Morgan fingerprint density at radius 3 is 2.22 bits per heavy atom. The molecular weight excluding hydrogens is 480 g/mol. The van der Waals surface area contributed by atoms with Crippen molar-refractivity contribution < 1.29 is 33.3 Å². The van der Waals surface area contributed by atoms with Crippen LogP contribution in [0.15, 0.2) is 30.3 Å². The number of nitrogens with zero attached hydrogens (tertiary/aromatic N) is 2. The first-order chi connectivity index (χ1) is 17.6. The number of methoxy groups -OCH3 is 4. The molecule has 2 N–H and O–H groups in total. The summed E-state index contributed by atoms with van der Waals surface area (Å²) in [6, 6.07) is 8.70. The maximum Gasteiger partial charge on any atom is 0.407 e. The van der Waals surface area contributed by atoms with Crippen LogP contribution in [-0.4, -0.2) is 62.2 Å². The third kappa shape index (κ3) is 6.75. The number of aromatic nitrogens is 2. The van der Waals surface area contributed by atoms with Gasteiger partial charge < -0.3 is 38.9 Å². The smallest absolute Gasteiger partial charge is 0.407 e. The van der Waals surface area contributed by atoms with Crippen molar-refractivity contribution in [3.8, 4) is 17.2 Å². The highest BCUT2D eigenvalue weighted by Gasteiger charge is 2.18. The fourth-order valence-electron chi connectivity index (χ4n) is 3.71. The summed E-state index contributed by atoms with van der Waals surface area (Å²) in [7, 11) is 5.96. The number of anilines is 2. The minimum Gasteiger partial charge on any atom is -0.493 e. The molecule has 11 nitrogen and oxygen atoms in total. The molecule has 3 aromatic rings. The van der Waals surface area contributed by atoms with E-state index in [1.54, 1.807) is 44.6 Å². The van der Waals surface area contributed by atoms with E-state index in [9.17, 15) is 9.59 Å². The number of ether oxygens (including phenoxy) is 5. The van der Waals surface area contributed by atoms with Crippen molar-refractivity contribution in [3.63, 3.8) is 0 Å². The van der Waals surface area contributed by atoms with Gasteiger partial charge in [-0.3, -0.25) is 0 Å². The van der Waals surface area contributed by atoms with Crippen molar-refractivity contribution in [2.45, 2.75) is 39.3 Å². The van der Waals surface area contributed by atoms with E-state index in [1.165, 1.54) is 14.2 Å². The Kier molecular flexibility index (Phi) is 8.69. The molecule has 0 bridgehead atoms. The number of fused-ring (bicyclic) bond motifs is 1. The largest absolute Gasteiger partial charge is 0.493 e. The summed E-state index contributed by atoms with van der Waals surface area (Å²) < 4.78 is 28.4. The lowest BCUT2D eigenvalue weighted by molar-refractivity contribution is 0.0525. The molecule has 0 saturated heterocycles. The van der Waals surface area contributed by atoms with Gasteiger partial charge in [0.05, 0.1) is 45.0 Å². The van der Waals surface area contributed by atoms with Gasteiger partial charge >= 0.3 is 12.1 Å². The van der Waals surface area contributed by atoms with Gasteiger partial charge in [-0.05, 0) is 45.4 Å². The SMILES string of the molecule is COC(=O)c1ccc2nc(Nc3cc(OC)c(OC)c(OC)c3)n(CCCNC(=O)OC(C)(C)C)c2c1. The topological polar surface area (TPSA) is 122 Å². The van der Waals surface area contributed by atoms with Crippen LogP contribution in [0.3, 0.4) is 0 Å². The summed E-state index contributed by atoms with van der Waals surface area (Å²) in [5, 5.41) is 6.08. The monoisotopic (exact) mass is 514 g/mol. The molecule has 1 aromatic heterocycles. The fraction of sp³-hybridized carbons (Fsp3) is 0.423. The van der Waals surface area contributed by atoms with Crippen molar-refractivity contribution in [1.29, 1.82) is 0 Å². The molecule has 0 unspecified atom stereocenters. The van der Waals surface area contributed by atoms with Gasteiger partial charge in [0.1, 0.15) is 5.60 Å².